The lowest BCUT2D eigenvalue weighted by molar-refractivity contribution is -0.153. The predicted octanol–water partition coefficient (Wildman–Crippen LogP) is 3.92. The zero-order valence-corrected chi connectivity index (χ0v) is 15.3. The lowest BCUT2D eigenvalue weighted by Gasteiger charge is -2.13. The molecule has 0 saturated carbocycles. The summed E-state index contributed by atoms with van der Waals surface area (Å²) in [5.74, 6) is -1.82. The Morgan fingerprint density at radius 1 is 1.00 bits per heavy atom. The highest BCUT2D eigenvalue weighted by Gasteiger charge is 2.19. The minimum atomic E-state index is -0.982. The lowest BCUT2D eigenvalue weighted by Crippen LogP contribution is -2.30. The number of rotatable bonds is 8. The topological polar surface area (TPSA) is 72.5 Å². The van der Waals surface area contributed by atoms with E-state index < -0.39 is 23.8 Å². The van der Waals surface area contributed by atoms with Gasteiger partial charge in [-0.05, 0) is 55.3 Å². The second-order valence-corrected chi connectivity index (χ2v) is 6.10. The summed E-state index contributed by atoms with van der Waals surface area (Å²) in [4.78, 5) is 35.9. The van der Waals surface area contributed by atoms with Crippen molar-refractivity contribution in [2.24, 2.45) is 0 Å². The van der Waals surface area contributed by atoms with Gasteiger partial charge in [0.25, 0.3) is 5.91 Å². The molecule has 0 saturated heterocycles. The first-order chi connectivity index (χ1) is 12.9. The molecule has 0 aliphatic rings. The molecule has 0 radical (unpaired) electrons. The average molecular weight is 371 g/mol. The van der Waals surface area contributed by atoms with Gasteiger partial charge in [0, 0.05) is 17.7 Å². The molecule has 0 aromatic heterocycles. The molecule has 0 heterocycles. The Kier molecular flexibility index (Phi) is 7.23. The van der Waals surface area contributed by atoms with Gasteiger partial charge in [0.2, 0.25) is 0 Å². The van der Waals surface area contributed by atoms with Crippen molar-refractivity contribution in [1.29, 1.82) is 0 Å². The first-order valence-corrected chi connectivity index (χ1v) is 8.77. The van der Waals surface area contributed by atoms with Crippen LogP contribution in [0.1, 0.15) is 42.6 Å². The summed E-state index contributed by atoms with van der Waals surface area (Å²) in [6.45, 7) is 3.51. The molecule has 6 heteroatoms. The summed E-state index contributed by atoms with van der Waals surface area (Å²) in [5, 5.41) is 2.68. The van der Waals surface area contributed by atoms with E-state index in [1.807, 2.05) is 19.1 Å². The van der Waals surface area contributed by atoms with Crippen LogP contribution in [0.5, 0.6) is 0 Å². The molecule has 2 aromatic carbocycles. The first-order valence-electron chi connectivity index (χ1n) is 8.77. The third kappa shape index (κ3) is 6.33. The third-order valence-electron chi connectivity index (χ3n) is 4.03. The van der Waals surface area contributed by atoms with Crippen LogP contribution in [0.3, 0.4) is 0 Å². The normalized spacial score (nSPS) is 11.5. The molecule has 1 amide bonds. The van der Waals surface area contributed by atoms with E-state index in [1.54, 1.807) is 12.1 Å². The zero-order valence-electron chi connectivity index (χ0n) is 15.3. The van der Waals surface area contributed by atoms with Gasteiger partial charge in [0.05, 0.1) is 6.42 Å². The Labute approximate surface area is 157 Å². The largest absolute Gasteiger partial charge is 0.453 e. The highest BCUT2D eigenvalue weighted by molar-refractivity contribution is 5.98. The maximum absolute atomic E-state index is 12.9. The van der Waals surface area contributed by atoms with Crippen LogP contribution in [0, 0.1) is 5.82 Å². The van der Waals surface area contributed by atoms with Gasteiger partial charge in [0.15, 0.2) is 11.9 Å². The fourth-order valence-electron chi connectivity index (χ4n) is 2.37. The molecular weight excluding hydrogens is 349 g/mol. The number of hydrogen-bond donors (Lipinski definition) is 1. The van der Waals surface area contributed by atoms with E-state index >= 15 is 0 Å². The Hall–Kier alpha value is -3.02. The molecule has 1 atom stereocenters. The fraction of sp³-hybridized carbons (Fsp3) is 0.286. The van der Waals surface area contributed by atoms with Crippen LogP contribution in [0.2, 0.25) is 0 Å². The van der Waals surface area contributed by atoms with Crippen molar-refractivity contribution in [3.05, 3.63) is 65.5 Å². The van der Waals surface area contributed by atoms with Crippen molar-refractivity contribution in [3.8, 4) is 0 Å². The number of ketones is 1. The standard InChI is InChI=1S/C21H22FNO4/c1-3-15-4-10-18(11-5-15)23-21(26)14(2)27-20(25)13-12-19(24)16-6-8-17(22)9-7-16/h4-11,14H,3,12-13H2,1-2H3,(H,23,26)/t14-/m1/s1. The van der Waals surface area contributed by atoms with E-state index in [0.717, 1.165) is 12.0 Å². The molecule has 0 unspecified atom stereocenters. The quantitative estimate of drug-likeness (QED) is 0.564. The van der Waals surface area contributed by atoms with Crippen molar-refractivity contribution >= 4 is 23.3 Å². The maximum Gasteiger partial charge on any atom is 0.307 e. The predicted molar refractivity (Wildman–Crippen MR) is 100.0 cm³/mol. The molecule has 0 aliphatic heterocycles. The minimum Gasteiger partial charge on any atom is -0.453 e. The lowest BCUT2D eigenvalue weighted by atomic mass is 10.1. The van der Waals surface area contributed by atoms with E-state index in [0.29, 0.717) is 11.3 Å². The van der Waals surface area contributed by atoms with Crippen LogP contribution in [-0.4, -0.2) is 23.8 Å². The van der Waals surface area contributed by atoms with Crippen LogP contribution in [0.15, 0.2) is 48.5 Å². The van der Waals surface area contributed by atoms with Gasteiger partial charge in [-0.1, -0.05) is 19.1 Å². The van der Waals surface area contributed by atoms with Crippen LogP contribution in [0.4, 0.5) is 10.1 Å². The number of esters is 1. The van der Waals surface area contributed by atoms with Crippen LogP contribution < -0.4 is 5.32 Å². The number of carbonyl (C=O) groups excluding carboxylic acids is 3. The highest BCUT2D eigenvalue weighted by Crippen LogP contribution is 2.12. The highest BCUT2D eigenvalue weighted by atomic mass is 19.1. The van der Waals surface area contributed by atoms with E-state index in [4.69, 9.17) is 4.74 Å². The maximum atomic E-state index is 12.9. The number of benzene rings is 2. The molecular formula is C21H22FNO4. The summed E-state index contributed by atoms with van der Waals surface area (Å²) in [6, 6.07) is 12.5. The smallest absolute Gasteiger partial charge is 0.307 e. The van der Waals surface area contributed by atoms with E-state index in [-0.39, 0.29) is 18.6 Å². The molecule has 0 fully saturated rings. The summed E-state index contributed by atoms with van der Waals surface area (Å²) in [5.41, 5.74) is 2.09. The molecule has 2 aromatic rings. The van der Waals surface area contributed by atoms with Gasteiger partial charge in [-0.2, -0.15) is 0 Å². The van der Waals surface area contributed by atoms with Gasteiger partial charge >= 0.3 is 5.97 Å². The van der Waals surface area contributed by atoms with E-state index in [1.165, 1.54) is 31.2 Å². The summed E-state index contributed by atoms with van der Waals surface area (Å²) in [7, 11) is 0. The first kappa shape index (κ1) is 20.3. The molecule has 0 aliphatic carbocycles. The van der Waals surface area contributed by atoms with Crippen molar-refractivity contribution in [3.63, 3.8) is 0 Å². The van der Waals surface area contributed by atoms with Gasteiger partial charge in [0.1, 0.15) is 5.82 Å². The van der Waals surface area contributed by atoms with Gasteiger partial charge < -0.3 is 10.1 Å². The molecule has 1 N–H and O–H groups in total. The number of hydrogen-bond acceptors (Lipinski definition) is 4. The fourth-order valence-corrected chi connectivity index (χ4v) is 2.37. The second-order valence-electron chi connectivity index (χ2n) is 6.10. The molecule has 2 rings (SSSR count). The van der Waals surface area contributed by atoms with Gasteiger partial charge in [-0.15, -0.1) is 0 Å². The number of aryl methyl sites for hydroxylation is 1. The number of ether oxygens (including phenoxy) is 1. The number of halogens is 1. The zero-order chi connectivity index (χ0) is 19.8. The Morgan fingerprint density at radius 3 is 2.22 bits per heavy atom. The van der Waals surface area contributed by atoms with E-state index in [2.05, 4.69) is 5.32 Å². The Morgan fingerprint density at radius 2 is 1.63 bits per heavy atom. The minimum absolute atomic E-state index is 0.0721. The van der Waals surface area contributed by atoms with Crippen LogP contribution in [-0.2, 0) is 20.7 Å². The summed E-state index contributed by atoms with van der Waals surface area (Å²) < 4.78 is 17.9. The molecule has 142 valence electrons. The number of nitrogens with one attached hydrogen (secondary N) is 1. The molecule has 27 heavy (non-hydrogen) atoms. The Bertz CT molecular complexity index is 800. The third-order valence-corrected chi connectivity index (χ3v) is 4.03. The molecule has 0 bridgehead atoms. The number of Topliss-reactive ketones (excluding diaryl/α,β-unsaturated/α-hetero) is 1. The number of amides is 1. The summed E-state index contributed by atoms with van der Waals surface area (Å²) >= 11 is 0. The number of carbonyl (C=O) groups is 3. The van der Waals surface area contributed by atoms with Crippen molar-refractivity contribution in [2.75, 3.05) is 5.32 Å². The SMILES string of the molecule is CCc1ccc(NC(=O)[C@@H](C)OC(=O)CCC(=O)c2ccc(F)cc2)cc1. The van der Waals surface area contributed by atoms with E-state index in [9.17, 15) is 18.8 Å². The van der Waals surface area contributed by atoms with Crippen LogP contribution >= 0.6 is 0 Å². The van der Waals surface area contributed by atoms with Gasteiger partial charge in [-0.25, -0.2) is 4.39 Å². The second kappa shape index (κ2) is 9.62. The van der Waals surface area contributed by atoms with Crippen LogP contribution in [0.25, 0.3) is 0 Å². The molecule has 5 nitrogen and oxygen atoms in total. The van der Waals surface area contributed by atoms with Crippen molar-refractivity contribution in [1.82, 2.24) is 0 Å². The number of anilines is 1. The van der Waals surface area contributed by atoms with Crippen molar-refractivity contribution < 1.29 is 23.5 Å². The monoisotopic (exact) mass is 371 g/mol. The Balaban J connectivity index is 1.78. The van der Waals surface area contributed by atoms with Gasteiger partial charge in [-0.3, -0.25) is 14.4 Å². The molecule has 0 spiro atoms. The van der Waals surface area contributed by atoms with Crippen molar-refractivity contribution in [2.45, 2.75) is 39.2 Å². The average Bonchev–Trinajstić information content (AvgIpc) is 2.67. The summed E-state index contributed by atoms with van der Waals surface area (Å²) in [6.07, 6.45) is -0.306.